The quantitative estimate of drug-likeness (QED) is 0.942. The lowest BCUT2D eigenvalue weighted by Gasteiger charge is -2.05. The third kappa shape index (κ3) is 3.70. The second-order valence-corrected chi connectivity index (χ2v) is 5.03. The van der Waals surface area contributed by atoms with Gasteiger partial charge in [-0.1, -0.05) is 29.8 Å². The first-order chi connectivity index (χ1) is 8.63. The highest BCUT2D eigenvalue weighted by Gasteiger charge is 2.03. The van der Waals surface area contributed by atoms with Gasteiger partial charge in [-0.25, -0.2) is 0 Å². The number of hydrogen-bond donors (Lipinski definition) is 1. The van der Waals surface area contributed by atoms with Crippen LogP contribution in [-0.2, 0) is 17.9 Å². The summed E-state index contributed by atoms with van der Waals surface area (Å²) in [7, 11) is 0. The molecule has 0 aliphatic rings. The molecule has 1 amide bonds. The van der Waals surface area contributed by atoms with E-state index in [9.17, 15) is 4.79 Å². The van der Waals surface area contributed by atoms with Crippen molar-refractivity contribution in [1.82, 2.24) is 15.1 Å². The van der Waals surface area contributed by atoms with Gasteiger partial charge < -0.3 is 5.32 Å². The molecule has 0 fully saturated rings. The van der Waals surface area contributed by atoms with Gasteiger partial charge in [-0.15, -0.1) is 0 Å². The van der Waals surface area contributed by atoms with E-state index in [2.05, 4.69) is 26.3 Å². The van der Waals surface area contributed by atoms with Crippen LogP contribution in [-0.4, -0.2) is 15.7 Å². The fraction of sp³-hybridized carbons (Fsp3) is 0.231. The minimum Gasteiger partial charge on any atom is -0.350 e. The predicted octanol–water partition coefficient (Wildman–Crippen LogP) is 2.27. The van der Waals surface area contributed by atoms with Crippen molar-refractivity contribution in [2.45, 2.75) is 20.0 Å². The van der Waals surface area contributed by atoms with Gasteiger partial charge in [-0.05, 0) is 28.4 Å². The molecule has 18 heavy (non-hydrogen) atoms. The average molecular weight is 308 g/mol. The number of rotatable bonds is 4. The summed E-state index contributed by atoms with van der Waals surface area (Å²) in [6.45, 7) is 2.82. The Labute approximate surface area is 114 Å². The van der Waals surface area contributed by atoms with E-state index in [0.29, 0.717) is 6.54 Å². The number of halogens is 1. The zero-order valence-corrected chi connectivity index (χ0v) is 11.6. The molecule has 0 atom stereocenters. The maximum absolute atomic E-state index is 11.7. The van der Waals surface area contributed by atoms with E-state index in [4.69, 9.17) is 0 Å². The summed E-state index contributed by atoms with van der Waals surface area (Å²) in [5, 5.41) is 6.89. The summed E-state index contributed by atoms with van der Waals surface area (Å²) < 4.78 is 2.46. The van der Waals surface area contributed by atoms with Gasteiger partial charge in [-0.2, -0.15) is 5.10 Å². The van der Waals surface area contributed by atoms with Gasteiger partial charge in [0, 0.05) is 12.7 Å². The van der Waals surface area contributed by atoms with Crippen LogP contribution in [0.2, 0.25) is 0 Å². The first-order valence-electron chi connectivity index (χ1n) is 5.64. The van der Waals surface area contributed by atoms with E-state index in [0.717, 1.165) is 10.0 Å². The standard InChI is InChI=1S/C13H14BrN3O/c1-10-2-4-11(5-3-10)6-15-13(18)9-17-8-12(14)7-16-17/h2-5,7-8H,6,9H2,1H3,(H,15,18). The number of carbonyl (C=O) groups is 1. The third-order valence-corrected chi connectivity index (χ3v) is 2.93. The highest BCUT2D eigenvalue weighted by molar-refractivity contribution is 9.10. The third-order valence-electron chi connectivity index (χ3n) is 2.52. The first-order valence-corrected chi connectivity index (χ1v) is 6.43. The van der Waals surface area contributed by atoms with Crippen LogP contribution in [0.25, 0.3) is 0 Å². The molecule has 1 aromatic heterocycles. The summed E-state index contributed by atoms with van der Waals surface area (Å²) in [5.74, 6) is -0.0498. The van der Waals surface area contributed by atoms with E-state index in [1.54, 1.807) is 17.1 Å². The number of nitrogens with zero attached hydrogens (tertiary/aromatic N) is 2. The molecule has 5 heteroatoms. The second-order valence-electron chi connectivity index (χ2n) is 4.12. The largest absolute Gasteiger partial charge is 0.350 e. The highest BCUT2D eigenvalue weighted by atomic mass is 79.9. The van der Waals surface area contributed by atoms with Crippen molar-refractivity contribution in [1.29, 1.82) is 0 Å². The SMILES string of the molecule is Cc1ccc(CNC(=O)Cn2cc(Br)cn2)cc1. The molecule has 1 aromatic carbocycles. The summed E-state index contributed by atoms with van der Waals surface area (Å²) in [6, 6.07) is 8.10. The van der Waals surface area contributed by atoms with E-state index in [-0.39, 0.29) is 12.5 Å². The number of carbonyl (C=O) groups excluding carboxylic acids is 1. The molecule has 1 N–H and O–H groups in total. The van der Waals surface area contributed by atoms with Crippen molar-refractivity contribution in [2.75, 3.05) is 0 Å². The fourth-order valence-electron chi connectivity index (χ4n) is 1.53. The maximum Gasteiger partial charge on any atom is 0.241 e. The number of amides is 1. The molecule has 1 heterocycles. The van der Waals surface area contributed by atoms with Gasteiger partial charge in [-0.3, -0.25) is 9.48 Å². The Morgan fingerprint density at radius 1 is 1.39 bits per heavy atom. The van der Waals surface area contributed by atoms with Gasteiger partial charge in [0.25, 0.3) is 0 Å². The normalized spacial score (nSPS) is 10.3. The van der Waals surface area contributed by atoms with E-state index in [1.165, 1.54) is 5.56 Å². The Morgan fingerprint density at radius 3 is 2.72 bits per heavy atom. The summed E-state index contributed by atoms with van der Waals surface area (Å²) >= 11 is 3.29. The fourth-order valence-corrected chi connectivity index (χ4v) is 1.86. The average Bonchev–Trinajstić information content (AvgIpc) is 2.74. The summed E-state index contributed by atoms with van der Waals surface area (Å²) in [4.78, 5) is 11.7. The zero-order valence-electron chi connectivity index (χ0n) is 10.1. The molecule has 2 aromatic rings. The van der Waals surface area contributed by atoms with Crippen LogP contribution in [0.3, 0.4) is 0 Å². The van der Waals surface area contributed by atoms with Crippen LogP contribution in [0, 0.1) is 6.92 Å². The molecule has 4 nitrogen and oxygen atoms in total. The molecule has 0 spiro atoms. The van der Waals surface area contributed by atoms with E-state index in [1.807, 2.05) is 31.2 Å². The van der Waals surface area contributed by atoms with E-state index < -0.39 is 0 Å². The molecule has 2 rings (SSSR count). The number of nitrogens with one attached hydrogen (secondary N) is 1. The zero-order chi connectivity index (χ0) is 13.0. The van der Waals surface area contributed by atoms with Gasteiger partial charge in [0.2, 0.25) is 5.91 Å². The number of hydrogen-bond acceptors (Lipinski definition) is 2. The molecule has 0 saturated heterocycles. The lowest BCUT2D eigenvalue weighted by Crippen LogP contribution is -2.27. The van der Waals surface area contributed by atoms with Gasteiger partial charge in [0.05, 0.1) is 10.7 Å². The Bertz CT molecular complexity index is 533. The summed E-state index contributed by atoms with van der Waals surface area (Å²) in [6.07, 6.45) is 3.43. The Morgan fingerprint density at radius 2 is 2.11 bits per heavy atom. The van der Waals surface area contributed by atoms with Crippen molar-refractivity contribution in [2.24, 2.45) is 0 Å². The number of aromatic nitrogens is 2. The van der Waals surface area contributed by atoms with Crippen LogP contribution in [0.4, 0.5) is 0 Å². The molecule has 0 bridgehead atoms. The number of aryl methyl sites for hydroxylation is 1. The van der Waals surface area contributed by atoms with Gasteiger partial charge in [0.1, 0.15) is 6.54 Å². The van der Waals surface area contributed by atoms with Crippen molar-refractivity contribution in [3.63, 3.8) is 0 Å². The van der Waals surface area contributed by atoms with Crippen LogP contribution < -0.4 is 5.32 Å². The Hall–Kier alpha value is -1.62. The van der Waals surface area contributed by atoms with Crippen LogP contribution >= 0.6 is 15.9 Å². The molecule has 0 unspecified atom stereocenters. The van der Waals surface area contributed by atoms with Crippen molar-refractivity contribution >= 4 is 21.8 Å². The minimum atomic E-state index is -0.0498. The van der Waals surface area contributed by atoms with Crippen molar-refractivity contribution in [3.8, 4) is 0 Å². The minimum absolute atomic E-state index is 0.0498. The van der Waals surface area contributed by atoms with Crippen LogP contribution in [0.15, 0.2) is 41.1 Å². The molecule has 94 valence electrons. The van der Waals surface area contributed by atoms with Gasteiger partial charge >= 0.3 is 0 Å². The second kappa shape index (κ2) is 5.82. The monoisotopic (exact) mass is 307 g/mol. The van der Waals surface area contributed by atoms with Crippen molar-refractivity contribution in [3.05, 3.63) is 52.3 Å². The number of benzene rings is 1. The van der Waals surface area contributed by atoms with E-state index >= 15 is 0 Å². The summed E-state index contributed by atoms with van der Waals surface area (Å²) in [5.41, 5.74) is 2.31. The lowest BCUT2D eigenvalue weighted by atomic mass is 10.1. The van der Waals surface area contributed by atoms with Crippen LogP contribution in [0.1, 0.15) is 11.1 Å². The molecule has 0 aliphatic heterocycles. The lowest BCUT2D eigenvalue weighted by molar-refractivity contribution is -0.122. The van der Waals surface area contributed by atoms with Crippen LogP contribution in [0.5, 0.6) is 0 Å². The highest BCUT2D eigenvalue weighted by Crippen LogP contribution is 2.06. The molecular formula is C13H14BrN3O. The Balaban J connectivity index is 1.83. The molecule has 0 aliphatic carbocycles. The smallest absolute Gasteiger partial charge is 0.241 e. The van der Waals surface area contributed by atoms with Gasteiger partial charge in [0.15, 0.2) is 0 Å². The first kappa shape index (κ1) is 12.8. The Kier molecular flexibility index (Phi) is 4.15. The van der Waals surface area contributed by atoms with Crippen molar-refractivity contribution < 1.29 is 4.79 Å². The molecule has 0 saturated carbocycles. The predicted molar refractivity (Wildman–Crippen MR) is 73.0 cm³/mol. The molecular weight excluding hydrogens is 294 g/mol. The molecule has 0 radical (unpaired) electrons. The topological polar surface area (TPSA) is 46.9 Å². The maximum atomic E-state index is 11.7.